The molecule has 0 unspecified atom stereocenters. The molecule has 0 spiro atoms. The lowest BCUT2D eigenvalue weighted by molar-refractivity contribution is 0.311. The molecule has 7 heteroatoms. The van der Waals surface area contributed by atoms with Crippen molar-refractivity contribution >= 4 is 17.5 Å². The van der Waals surface area contributed by atoms with Crippen LogP contribution in [0.15, 0.2) is 24.4 Å². The molecule has 0 aliphatic carbocycles. The third kappa shape index (κ3) is 4.03. The summed E-state index contributed by atoms with van der Waals surface area (Å²) in [5.41, 5.74) is 1.02. The molecular weight excluding hydrogens is 278 g/mol. The van der Waals surface area contributed by atoms with E-state index in [1.807, 2.05) is 37.1 Å². The van der Waals surface area contributed by atoms with E-state index in [-0.39, 0.29) is 11.3 Å². The van der Waals surface area contributed by atoms with Crippen LogP contribution in [0.2, 0.25) is 5.28 Å². The van der Waals surface area contributed by atoms with Gasteiger partial charge in [-0.2, -0.15) is 15.0 Å². The van der Waals surface area contributed by atoms with E-state index in [0.717, 1.165) is 18.7 Å². The highest BCUT2D eigenvalue weighted by Gasteiger charge is 2.10. The molecule has 0 bridgehead atoms. The fraction of sp³-hybridized carbons (Fsp3) is 0.385. The summed E-state index contributed by atoms with van der Waals surface area (Å²) in [6.07, 6.45) is 2.58. The van der Waals surface area contributed by atoms with Crippen LogP contribution < -0.4 is 9.64 Å². The molecule has 106 valence electrons. The quantitative estimate of drug-likeness (QED) is 0.812. The first-order valence-corrected chi connectivity index (χ1v) is 6.72. The monoisotopic (exact) mass is 293 g/mol. The number of anilines is 1. The summed E-state index contributed by atoms with van der Waals surface area (Å²) in [5, 5.41) is 0.128. The van der Waals surface area contributed by atoms with Gasteiger partial charge < -0.3 is 9.64 Å². The Bertz CT molecular complexity index is 552. The second-order valence-electron chi connectivity index (χ2n) is 4.11. The van der Waals surface area contributed by atoms with Crippen LogP contribution in [-0.2, 0) is 6.42 Å². The van der Waals surface area contributed by atoms with E-state index in [4.69, 9.17) is 16.3 Å². The molecule has 2 heterocycles. The van der Waals surface area contributed by atoms with Crippen molar-refractivity contribution in [3.8, 4) is 6.01 Å². The summed E-state index contributed by atoms with van der Waals surface area (Å²) in [5.74, 6) is 0.490. The molecule has 0 saturated heterocycles. The molecule has 6 nitrogen and oxygen atoms in total. The van der Waals surface area contributed by atoms with Crippen LogP contribution in [0.3, 0.4) is 0 Å². The highest BCUT2D eigenvalue weighted by atomic mass is 35.5. The molecule has 0 saturated carbocycles. The van der Waals surface area contributed by atoms with Gasteiger partial charge in [0.05, 0.1) is 6.61 Å². The van der Waals surface area contributed by atoms with Crippen molar-refractivity contribution in [1.29, 1.82) is 0 Å². The fourth-order valence-corrected chi connectivity index (χ4v) is 1.76. The molecular formula is C13H16ClN5O. The number of aromatic nitrogens is 4. The minimum Gasteiger partial charge on any atom is -0.464 e. The van der Waals surface area contributed by atoms with Gasteiger partial charge in [0.1, 0.15) is 0 Å². The van der Waals surface area contributed by atoms with Gasteiger partial charge in [0.2, 0.25) is 11.2 Å². The predicted octanol–water partition coefficient (Wildman–Crippen LogP) is 2.00. The van der Waals surface area contributed by atoms with Crippen LogP contribution in [0.25, 0.3) is 0 Å². The topological polar surface area (TPSA) is 64.0 Å². The maximum atomic E-state index is 5.87. The van der Waals surface area contributed by atoms with Crippen LogP contribution in [0.4, 0.5) is 5.95 Å². The van der Waals surface area contributed by atoms with E-state index in [1.54, 1.807) is 6.20 Å². The summed E-state index contributed by atoms with van der Waals surface area (Å²) in [6, 6.07) is 6.09. The summed E-state index contributed by atoms with van der Waals surface area (Å²) in [6.45, 7) is 3.07. The fourth-order valence-electron chi connectivity index (χ4n) is 1.61. The SMILES string of the molecule is CCOc1nc(Cl)nc(N(C)CCc2ccccn2)n1. The second-order valence-corrected chi connectivity index (χ2v) is 4.45. The zero-order valence-electron chi connectivity index (χ0n) is 11.5. The first-order valence-electron chi connectivity index (χ1n) is 6.34. The lowest BCUT2D eigenvalue weighted by Crippen LogP contribution is -2.23. The third-order valence-corrected chi connectivity index (χ3v) is 2.79. The number of halogens is 1. The maximum Gasteiger partial charge on any atom is 0.322 e. The number of nitrogens with zero attached hydrogens (tertiary/aromatic N) is 5. The van der Waals surface area contributed by atoms with E-state index in [9.17, 15) is 0 Å². The Balaban J connectivity index is 2.03. The molecule has 0 aromatic carbocycles. The molecule has 20 heavy (non-hydrogen) atoms. The van der Waals surface area contributed by atoms with E-state index in [1.165, 1.54) is 0 Å². The summed E-state index contributed by atoms with van der Waals surface area (Å²) < 4.78 is 5.25. The Kier molecular flexibility index (Phi) is 5.06. The van der Waals surface area contributed by atoms with Crippen molar-refractivity contribution in [3.05, 3.63) is 35.4 Å². The van der Waals surface area contributed by atoms with Crippen LogP contribution in [-0.4, -0.2) is 40.1 Å². The Labute approximate surface area is 122 Å². The maximum absolute atomic E-state index is 5.87. The van der Waals surface area contributed by atoms with Gasteiger partial charge in [0, 0.05) is 31.9 Å². The van der Waals surface area contributed by atoms with Crippen molar-refractivity contribution in [2.75, 3.05) is 25.1 Å². The van der Waals surface area contributed by atoms with E-state index in [2.05, 4.69) is 19.9 Å². The molecule has 2 aromatic rings. The van der Waals surface area contributed by atoms with Crippen LogP contribution in [0, 0.1) is 0 Å². The minimum atomic E-state index is 0.128. The molecule has 0 aliphatic heterocycles. The van der Waals surface area contributed by atoms with Crippen LogP contribution >= 0.6 is 11.6 Å². The molecule has 2 aromatic heterocycles. The van der Waals surface area contributed by atoms with E-state index < -0.39 is 0 Å². The highest BCUT2D eigenvalue weighted by Crippen LogP contribution is 2.14. The van der Waals surface area contributed by atoms with Gasteiger partial charge in [-0.1, -0.05) is 6.07 Å². The normalized spacial score (nSPS) is 10.3. The Morgan fingerprint density at radius 1 is 1.25 bits per heavy atom. The molecule has 0 N–H and O–H groups in total. The minimum absolute atomic E-state index is 0.128. The molecule has 0 fully saturated rings. The van der Waals surface area contributed by atoms with Crippen molar-refractivity contribution < 1.29 is 4.74 Å². The van der Waals surface area contributed by atoms with Crippen molar-refractivity contribution in [2.24, 2.45) is 0 Å². The van der Waals surface area contributed by atoms with Gasteiger partial charge in [0.15, 0.2) is 0 Å². The first-order chi connectivity index (χ1) is 9.69. The molecule has 2 rings (SSSR count). The third-order valence-electron chi connectivity index (χ3n) is 2.62. The zero-order valence-corrected chi connectivity index (χ0v) is 12.2. The van der Waals surface area contributed by atoms with Crippen LogP contribution in [0.5, 0.6) is 6.01 Å². The number of pyridine rings is 1. The summed E-state index contributed by atoms with van der Waals surface area (Å²) in [7, 11) is 1.89. The average molecular weight is 294 g/mol. The van der Waals surface area contributed by atoms with Gasteiger partial charge in [-0.05, 0) is 30.7 Å². The predicted molar refractivity (Wildman–Crippen MR) is 77.2 cm³/mol. The second kappa shape index (κ2) is 7.00. The number of ether oxygens (including phenoxy) is 1. The largest absolute Gasteiger partial charge is 0.464 e. The lowest BCUT2D eigenvalue weighted by atomic mass is 10.2. The van der Waals surface area contributed by atoms with Crippen molar-refractivity contribution in [2.45, 2.75) is 13.3 Å². The number of rotatable bonds is 6. The standard InChI is InChI=1S/C13H16ClN5O/c1-3-20-13-17-11(14)16-12(18-13)19(2)9-7-10-6-4-5-8-15-10/h4-6,8H,3,7,9H2,1-2H3. The first kappa shape index (κ1) is 14.5. The summed E-state index contributed by atoms with van der Waals surface area (Å²) >= 11 is 5.87. The highest BCUT2D eigenvalue weighted by molar-refractivity contribution is 6.28. The Morgan fingerprint density at radius 3 is 2.80 bits per heavy atom. The molecule has 0 radical (unpaired) electrons. The molecule has 0 amide bonds. The number of likely N-dealkylation sites (N-methyl/N-ethyl adjacent to an activating group) is 1. The number of hydrogen-bond donors (Lipinski definition) is 0. The Morgan fingerprint density at radius 2 is 2.10 bits per heavy atom. The molecule has 0 aliphatic rings. The van der Waals surface area contributed by atoms with E-state index in [0.29, 0.717) is 12.6 Å². The average Bonchev–Trinajstić information content (AvgIpc) is 2.45. The lowest BCUT2D eigenvalue weighted by Gasteiger charge is -2.17. The smallest absolute Gasteiger partial charge is 0.322 e. The van der Waals surface area contributed by atoms with Gasteiger partial charge in [-0.25, -0.2) is 0 Å². The van der Waals surface area contributed by atoms with Gasteiger partial charge in [0.25, 0.3) is 0 Å². The Hall–Kier alpha value is -1.95. The van der Waals surface area contributed by atoms with E-state index >= 15 is 0 Å². The zero-order chi connectivity index (χ0) is 14.4. The summed E-state index contributed by atoms with van der Waals surface area (Å²) in [4.78, 5) is 18.4. The molecule has 0 atom stereocenters. The number of hydrogen-bond acceptors (Lipinski definition) is 6. The van der Waals surface area contributed by atoms with Gasteiger partial charge in [-0.3, -0.25) is 4.98 Å². The van der Waals surface area contributed by atoms with Crippen LogP contribution in [0.1, 0.15) is 12.6 Å². The van der Waals surface area contributed by atoms with Gasteiger partial charge >= 0.3 is 6.01 Å². The van der Waals surface area contributed by atoms with Crippen molar-refractivity contribution in [3.63, 3.8) is 0 Å². The van der Waals surface area contributed by atoms with Crippen molar-refractivity contribution in [1.82, 2.24) is 19.9 Å². The van der Waals surface area contributed by atoms with Gasteiger partial charge in [-0.15, -0.1) is 0 Å².